The van der Waals surface area contributed by atoms with Crippen LogP contribution in [0.5, 0.6) is 0 Å². The van der Waals surface area contributed by atoms with Crippen LogP contribution in [0.1, 0.15) is 22.9 Å². The zero-order chi connectivity index (χ0) is 9.68. The van der Waals surface area contributed by atoms with Gasteiger partial charge in [0.25, 0.3) is 5.82 Å². The zero-order valence-electron chi connectivity index (χ0n) is 7.19. The van der Waals surface area contributed by atoms with Crippen molar-refractivity contribution in [1.29, 1.82) is 0 Å². The van der Waals surface area contributed by atoms with E-state index in [1.54, 1.807) is 7.11 Å². The van der Waals surface area contributed by atoms with Crippen LogP contribution in [-0.2, 0) is 11.2 Å². The standard InChI is InChI=1S/C7H10N2O4/c1-12-4-2-3-5-8-6(7(10)11)9-13-5/h2-4H2,1H3,(H,10,11). The van der Waals surface area contributed by atoms with E-state index in [-0.39, 0.29) is 5.82 Å². The van der Waals surface area contributed by atoms with Gasteiger partial charge in [-0.3, -0.25) is 0 Å². The summed E-state index contributed by atoms with van der Waals surface area (Å²) in [4.78, 5) is 14.0. The Morgan fingerprint density at radius 3 is 3.00 bits per heavy atom. The largest absolute Gasteiger partial charge is 0.475 e. The Morgan fingerprint density at radius 1 is 1.69 bits per heavy atom. The highest BCUT2D eigenvalue weighted by Crippen LogP contribution is 2.00. The SMILES string of the molecule is COCCCc1nc(C(=O)O)no1. The van der Waals surface area contributed by atoms with E-state index in [2.05, 4.69) is 14.7 Å². The average molecular weight is 186 g/mol. The van der Waals surface area contributed by atoms with E-state index in [1.165, 1.54) is 0 Å². The van der Waals surface area contributed by atoms with Crippen LogP contribution in [0.4, 0.5) is 0 Å². The van der Waals surface area contributed by atoms with Gasteiger partial charge in [0, 0.05) is 20.1 Å². The van der Waals surface area contributed by atoms with E-state index in [1.807, 2.05) is 0 Å². The van der Waals surface area contributed by atoms with Crippen molar-refractivity contribution in [3.63, 3.8) is 0 Å². The van der Waals surface area contributed by atoms with Crippen LogP contribution in [-0.4, -0.2) is 34.9 Å². The summed E-state index contributed by atoms with van der Waals surface area (Å²) in [6, 6.07) is 0. The molecule has 0 saturated heterocycles. The van der Waals surface area contributed by atoms with Crippen molar-refractivity contribution in [2.75, 3.05) is 13.7 Å². The molecule has 0 aliphatic carbocycles. The number of aromatic nitrogens is 2. The number of rotatable bonds is 5. The number of nitrogens with zero attached hydrogens (tertiary/aromatic N) is 2. The van der Waals surface area contributed by atoms with Gasteiger partial charge in [-0.1, -0.05) is 0 Å². The maximum Gasteiger partial charge on any atom is 0.377 e. The molecule has 72 valence electrons. The van der Waals surface area contributed by atoms with E-state index in [0.717, 1.165) is 6.42 Å². The lowest BCUT2D eigenvalue weighted by atomic mass is 10.3. The van der Waals surface area contributed by atoms with Crippen LogP contribution in [0, 0.1) is 0 Å². The Balaban J connectivity index is 2.44. The first kappa shape index (κ1) is 9.66. The maximum atomic E-state index is 10.3. The number of hydrogen-bond acceptors (Lipinski definition) is 5. The average Bonchev–Trinajstić information content (AvgIpc) is 2.53. The second-order valence-corrected chi connectivity index (χ2v) is 2.41. The summed E-state index contributed by atoms with van der Waals surface area (Å²) in [6.45, 7) is 0.588. The van der Waals surface area contributed by atoms with Crippen LogP contribution >= 0.6 is 0 Å². The normalized spacial score (nSPS) is 10.2. The summed E-state index contributed by atoms with van der Waals surface area (Å²) >= 11 is 0. The molecule has 0 saturated carbocycles. The fourth-order valence-corrected chi connectivity index (χ4v) is 0.811. The summed E-state index contributed by atoms with van der Waals surface area (Å²) in [7, 11) is 1.59. The predicted molar refractivity (Wildman–Crippen MR) is 41.5 cm³/mol. The number of carbonyl (C=O) groups is 1. The molecule has 0 fully saturated rings. The van der Waals surface area contributed by atoms with Gasteiger partial charge in [-0.15, -0.1) is 0 Å². The molecule has 1 heterocycles. The van der Waals surface area contributed by atoms with Crippen molar-refractivity contribution in [2.45, 2.75) is 12.8 Å². The number of methoxy groups -OCH3 is 1. The summed E-state index contributed by atoms with van der Waals surface area (Å²) < 4.78 is 9.49. The first-order valence-corrected chi connectivity index (χ1v) is 3.79. The summed E-state index contributed by atoms with van der Waals surface area (Å²) in [5.74, 6) is -1.15. The first-order valence-electron chi connectivity index (χ1n) is 3.79. The molecule has 0 aliphatic rings. The van der Waals surface area contributed by atoms with Crippen molar-refractivity contribution in [1.82, 2.24) is 10.1 Å². The van der Waals surface area contributed by atoms with E-state index in [4.69, 9.17) is 9.84 Å². The maximum absolute atomic E-state index is 10.3. The lowest BCUT2D eigenvalue weighted by molar-refractivity contribution is 0.0680. The van der Waals surface area contributed by atoms with Gasteiger partial charge in [-0.25, -0.2) is 4.79 Å². The molecule has 13 heavy (non-hydrogen) atoms. The van der Waals surface area contributed by atoms with Gasteiger partial charge in [0.15, 0.2) is 0 Å². The van der Waals surface area contributed by atoms with E-state index in [9.17, 15) is 4.79 Å². The van der Waals surface area contributed by atoms with Gasteiger partial charge in [-0.05, 0) is 11.6 Å². The lowest BCUT2D eigenvalue weighted by Gasteiger charge is -1.92. The molecule has 0 atom stereocenters. The minimum Gasteiger partial charge on any atom is -0.475 e. The topological polar surface area (TPSA) is 85.5 Å². The zero-order valence-corrected chi connectivity index (χ0v) is 7.19. The van der Waals surface area contributed by atoms with Gasteiger partial charge in [-0.2, -0.15) is 4.98 Å². The Kier molecular flexibility index (Phi) is 3.39. The molecule has 0 spiro atoms. The molecule has 1 aromatic heterocycles. The second-order valence-electron chi connectivity index (χ2n) is 2.41. The van der Waals surface area contributed by atoms with Crippen molar-refractivity contribution in [3.8, 4) is 0 Å². The predicted octanol–water partition coefficient (Wildman–Crippen LogP) is 0.347. The van der Waals surface area contributed by atoms with E-state index in [0.29, 0.717) is 18.9 Å². The number of hydrogen-bond donors (Lipinski definition) is 1. The number of ether oxygens (including phenoxy) is 1. The van der Waals surface area contributed by atoms with Crippen LogP contribution < -0.4 is 0 Å². The van der Waals surface area contributed by atoms with Gasteiger partial charge in [0.2, 0.25) is 5.89 Å². The molecule has 0 bridgehead atoms. The van der Waals surface area contributed by atoms with Crippen LogP contribution in [0.2, 0.25) is 0 Å². The van der Waals surface area contributed by atoms with Crippen LogP contribution in [0.3, 0.4) is 0 Å². The molecule has 0 aliphatic heterocycles. The molecule has 1 rings (SSSR count). The molecule has 0 amide bonds. The Morgan fingerprint density at radius 2 is 2.46 bits per heavy atom. The molecule has 1 N–H and O–H groups in total. The minimum absolute atomic E-state index is 0.299. The van der Waals surface area contributed by atoms with Crippen molar-refractivity contribution in [2.24, 2.45) is 0 Å². The molecule has 1 aromatic rings. The molecule has 0 radical (unpaired) electrons. The fourth-order valence-electron chi connectivity index (χ4n) is 0.811. The third-order valence-corrected chi connectivity index (χ3v) is 1.40. The Hall–Kier alpha value is -1.43. The Labute approximate surface area is 74.5 Å². The van der Waals surface area contributed by atoms with Crippen LogP contribution in [0.15, 0.2) is 4.52 Å². The quantitative estimate of drug-likeness (QED) is 0.667. The smallest absolute Gasteiger partial charge is 0.377 e. The third kappa shape index (κ3) is 2.83. The highest BCUT2D eigenvalue weighted by molar-refractivity contribution is 5.82. The summed E-state index contributed by atoms with van der Waals surface area (Å²) in [5, 5.41) is 11.7. The second kappa shape index (κ2) is 4.56. The van der Waals surface area contributed by atoms with Gasteiger partial charge in [0.05, 0.1) is 0 Å². The van der Waals surface area contributed by atoms with Crippen molar-refractivity contribution >= 4 is 5.97 Å². The van der Waals surface area contributed by atoms with Gasteiger partial charge < -0.3 is 14.4 Å². The molecule has 6 nitrogen and oxygen atoms in total. The molecular formula is C7H10N2O4. The highest BCUT2D eigenvalue weighted by atomic mass is 16.5. The van der Waals surface area contributed by atoms with E-state index >= 15 is 0 Å². The monoisotopic (exact) mass is 186 g/mol. The number of carboxylic acids is 1. The summed E-state index contributed by atoms with van der Waals surface area (Å²) in [5.41, 5.74) is 0. The van der Waals surface area contributed by atoms with Crippen LogP contribution in [0.25, 0.3) is 0 Å². The van der Waals surface area contributed by atoms with Crippen molar-refractivity contribution < 1.29 is 19.2 Å². The minimum atomic E-state index is -1.18. The number of aryl methyl sites for hydroxylation is 1. The van der Waals surface area contributed by atoms with Gasteiger partial charge in [0.1, 0.15) is 0 Å². The number of carboxylic acid groups (broad SMARTS) is 1. The lowest BCUT2D eigenvalue weighted by Crippen LogP contribution is -1.99. The van der Waals surface area contributed by atoms with Gasteiger partial charge >= 0.3 is 5.97 Å². The summed E-state index contributed by atoms with van der Waals surface area (Å²) in [6.07, 6.45) is 1.27. The fraction of sp³-hybridized carbons (Fsp3) is 0.571. The van der Waals surface area contributed by atoms with E-state index < -0.39 is 5.97 Å². The van der Waals surface area contributed by atoms with Crippen molar-refractivity contribution in [3.05, 3.63) is 11.7 Å². The molecular weight excluding hydrogens is 176 g/mol. The highest BCUT2D eigenvalue weighted by Gasteiger charge is 2.11. The molecule has 0 aromatic carbocycles. The third-order valence-electron chi connectivity index (χ3n) is 1.40. The molecule has 6 heteroatoms. The first-order chi connectivity index (χ1) is 6.24. The number of aromatic carboxylic acids is 1. The Bertz CT molecular complexity index is 284. The molecule has 0 unspecified atom stereocenters.